The van der Waals surface area contributed by atoms with Gasteiger partial charge in [-0.25, -0.2) is 13.8 Å². The van der Waals surface area contributed by atoms with Crippen LogP contribution in [0.5, 0.6) is 0 Å². The minimum absolute atomic E-state index is 0.169. The number of benzene rings is 4. The van der Waals surface area contributed by atoms with E-state index in [-0.39, 0.29) is 12.5 Å². The summed E-state index contributed by atoms with van der Waals surface area (Å²) in [5.74, 6) is -0.345. The highest BCUT2D eigenvalue weighted by atomic mass is 32.2. The molecule has 4 rings (SSSR count). The lowest BCUT2D eigenvalue weighted by Crippen LogP contribution is -2.29. The maximum atomic E-state index is 12.6. The number of carbonyl (C=O) groups is 1. The van der Waals surface area contributed by atoms with E-state index in [0.717, 1.165) is 33.0 Å². The van der Waals surface area contributed by atoms with Crippen molar-refractivity contribution in [1.29, 1.82) is 0 Å². The molecular formula is C28H27N3O3S. The van der Waals surface area contributed by atoms with Crippen molar-refractivity contribution in [3.05, 3.63) is 113 Å². The number of hydrogen-bond donors (Lipinski definition) is 1. The van der Waals surface area contributed by atoms with Crippen molar-refractivity contribution in [2.45, 2.75) is 20.4 Å². The highest BCUT2D eigenvalue weighted by Gasteiger charge is 2.18. The minimum atomic E-state index is -3.49. The van der Waals surface area contributed by atoms with E-state index in [1.54, 1.807) is 36.5 Å². The van der Waals surface area contributed by atoms with Gasteiger partial charge < -0.3 is 0 Å². The van der Waals surface area contributed by atoms with Gasteiger partial charge in [0, 0.05) is 11.1 Å². The summed E-state index contributed by atoms with van der Waals surface area (Å²) in [6, 6.07) is 26.3. The van der Waals surface area contributed by atoms with Crippen LogP contribution in [0.1, 0.15) is 32.6 Å². The average molecular weight is 486 g/mol. The molecule has 0 aliphatic carbocycles. The number of anilines is 1. The molecule has 35 heavy (non-hydrogen) atoms. The number of hydrogen-bond acceptors (Lipinski definition) is 4. The van der Waals surface area contributed by atoms with E-state index in [4.69, 9.17) is 0 Å². The first-order chi connectivity index (χ1) is 16.7. The molecule has 0 spiro atoms. The quantitative estimate of drug-likeness (QED) is 0.289. The van der Waals surface area contributed by atoms with Gasteiger partial charge in [-0.1, -0.05) is 60.7 Å². The molecule has 4 aromatic rings. The van der Waals surface area contributed by atoms with Crippen molar-refractivity contribution >= 4 is 38.6 Å². The highest BCUT2D eigenvalue weighted by molar-refractivity contribution is 7.92. The van der Waals surface area contributed by atoms with Crippen LogP contribution in [0, 0.1) is 13.8 Å². The number of nitrogens with zero attached hydrogens (tertiary/aromatic N) is 2. The Kier molecular flexibility index (Phi) is 6.98. The van der Waals surface area contributed by atoms with E-state index in [2.05, 4.69) is 10.5 Å². The van der Waals surface area contributed by atoms with Gasteiger partial charge in [-0.3, -0.25) is 9.10 Å². The monoisotopic (exact) mass is 485 g/mol. The molecule has 178 valence electrons. The number of carbonyl (C=O) groups excluding carboxylic acids is 1. The van der Waals surface area contributed by atoms with Gasteiger partial charge in [0.1, 0.15) is 0 Å². The van der Waals surface area contributed by atoms with Gasteiger partial charge in [-0.05, 0) is 65.6 Å². The molecule has 0 saturated heterocycles. The van der Waals surface area contributed by atoms with Crippen molar-refractivity contribution in [3.8, 4) is 0 Å². The van der Waals surface area contributed by atoms with E-state index >= 15 is 0 Å². The molecule has 0 aromatic heterocycles. The smallest absolute Gasteiger partial charge is 0.267 e. The van der Waals surface area contributed by atoms with Crippen molar-refractivity contribution in [3.63, 3.8) is 0 Å². The minimum Gasteiger partial charge on any atom is -0.267 e. The third-order valence-electron chi connectivity index (χ3n) is 5.91. The number of amides is 1. The van der Waals surface area contributed by atoms with Crippen molar-refractivity contribution in [2.75, 3.05) is 10.6 Å². The third kappa shape index (κ3) is 5.75. The van der Waals surface area contributed by atoms with Crippen molar-refractivity contribution in [1.82, 2.24) is 5.43 Å². The fourth-order valence-corrected chi connectivity index (χ4v) is 4.68. The standard InChI is InChI=1S/C28H27N3O3S/c1-20-11-16-26(17-21(20)2)31(35(3,33)34)19-22-12-14-24(15-13-22)28(32)30-29-18-25-9-6-8-23-7-4-5-10-27(23)25/h4-18H,19H2,1-3H3,(H,30,32)/b29-18-. The van der Waals surface area contributed by atoms with Crippen LogP contribution < -0.4 is 9.73 Å². The van der Waals surface area contributed by atoms with E-state index in [9.17, 15) is 13.2 Å². The van der Waals surface area contributed by atoms with Gasteiger partial charge in [-0.15, -0.1) is 0 Å². The van der Waals surface area contributed by atoms with Crippen LogP contribution in [0.4, 0.5) is 5.69 Å². The predicted molar refractivity (Wildman–Crippen MR) is 142 cm³/mol. The zero-order valence-corrected chi connectivity index (χ0v) is 20.7. The number of nitrogens with one attached hydrogen (secondary N) is 1. The fraction of sp³-hybridized carbons (Fsp3) is 0.143. The van der Waals surface area contributed by atoms with Gasteiger partial charge in [0.05, 0.1) is 24.7 Å². The van der Waals surface area contributed by atoms with Crippen molar-refractivity contribution < 1.29 is 13.2 Å². The fourth-order valence-electron chi connectivity index (χ4n) is 3.80. The Morgan fingerprint density at radius 2 is 1.63 bits per heavy atom. The maximum absolute atomic E-state index is 12.6. The van der Waals surface area contributed by atoms with Gasteiger partial charge in [0.2, 0.25) is 10.0 Å². The molecular weight excluding hydrogens is 458 g/mol. The second-order valence-electron chi connectivity index (χ2n) is 8.50. The summed E-state index contributed by atoms with van der Waals surface area (Å²) in [7, 11) is -3.49. The number of sulfonamides is 1. The topological polar surface area (TPSA) is 78.8 Å². The number of hydrazone groups is 1. The molecule has 0 saturated carbocycles. The van der Waals surface area contributed by atoms with Gasteiger partial charge >= 0.3 is 0 Å². The molecule has 7 heteroatoms. The molecule has 6 nitrogen and oxygen atoms in total. The lowest BCUT2D eigenvalue weighted by molar-refractivity contribution is 0.0955. The Balaban J connectivity index is 1.46. The molecule has 4 aromatic carbocycles. The maximum Gasteiger partial charge on any atom is 0.271 e. The summed E-state index contributed by atoms with van der Waals surface area (Å²) in [5, 5.41) is 6.27. The second-order valence-corrected chi connectivity index (χ2v) is 10.4. The zero-order valence-electron chi connectivity index (χ0n) is 19.9. The largest absolute Gasteiger partial charge is 0.271 e. The van der Waals surface area contributed by atoms with E-state index in [1.807, 2.05) is 68.4 Å². The van der Waals surface area contributed by atoms with Crippen LogP contribution in [0.25, 0.3) is 10.8 Å². The molecule has 1 amide bonds. The molecule has 0 unspecified atom stereocenters. The van der Waals surface area contributed by atoms with E-state index in [1.165, 1.54) is 10.6 Å². The van der Waals surface area contributed by atoms with Gasteiger partial charge in [0.15, 0.2) is 0 Å². The molecule has 1 N–H and O–H groups in total. The van der Waals surface area contributed by atoms with Crippen LogP contribution in [0.15, 0.2) is 90.0 Å². The molecule has 0 heterocycles. The Morgan fingerprint density at radius 3 is 2.34 bits per heavy atom. The normalized spacial score (nSPS) is 11.6. The lowest BCUT2D eigenvalue weighted by Gasteiger charge is -2.23. The van der Waals surface area contributed by atoms with Gasteiger partial charge in [0.25, 0.3) is 5.91 Å². The molecule has 0 fully saturated rings. The third-order valence-corrected chi connectivity index (χ3v) is 7.05. The second kappa shape index (κ2) is 10.1. The molecule has 0 atom stereocenters. The molecule has 0 aliphatic rings. The highest BCUT2D eigenvalue weighted by Crippen LogP contribution is 2.23. The first-order valence-corrected chi connectivity index (χ1v) is 13.0. The van der Waals surface area contributed by atoms with Crippen LogP contribution in [-0.2, 0) is 16.6 Å². The molecule has 0 aliphatic heterocycles. The number of aryl methyl sites for hydroxylation is 2. The summed E-state index contributed by atoms with van der Waals surface area (Å²) in [6.07, 6.45) is 2.82. The Bertz CT molecular complexity index is 1510. The van der Waals surface area contributed by atoms with E-state index < -0.39 is 10.0 Å². The Labute approximate surface area is 206 Å². The first kappa shape index (κ1) is 24.2. The zero-order chi connectivity index (χ0) is 25.0. The van der Waals surface area contributed by atoms with Crippen LogP contribution in [0.2, 0.25) is 0 Å². The molecule has 0 radical (unpaired) electrons. The van der Waals surface area contributed by atoms with Crippen LogP contribution in [0.3, 0.4) is 0 Å². The Morgan fingerprint density at radius 1 is 0.914 bits per heavy atom. The number of fused-ring (bicyclic) bond motifs is 1. The number of rotatable bonds is 7. The van der Waals surface area contributed by atoms with E-state index in [0.29, 0.717) is 11.3 Å². The summed E-state index contributed by atoms with van der Waals surface area (Å²) >= 11 is 0. The SMILES string of the molecule is Cc1ccc(N(Cc2ccc(C(=O)N/N=C\c3cccc4ccccc34)cc2)S(C)(=O)=O)cc1C. The summed E-state index contributed by atoms with van der Waals surface area (Å²) in [4.78, 5) is 12.6. The van der Waals surface area contributed by atoms with Crippen molar-refractivity contribution in [2.24, 2.45) is 5.10 Å². The first-order valence-electron chi connectivity index (χ1n) is 11.2. The lowest BCUT2D eigenvalue weighted by atomic mass is 10.1. The van der Waals surface area contributed by atoms with Crippen LogP contribution >= 0.6 is 0 Å². The summed E-state index contributed by atoms with van der Waals surface area (Å²) in [6.45, 7) is 4.11. The summed E-state index contributed by atoms with van der Waals surface area (Å²) < 4.78 is 26.3. The van der Waals surface area contributed by atoms with Crippen LogP contribution in [-0.4, -0.2) is 26.8 Å². The molecule has 0 bridgehead atoms. The summed E-state index contributed by atoms with van der Waals surface area (Å²) in [5.41, 5.74) is 7.40. The predicted octanol–water partition coefficient (Wildman–Crippen LogP) is 5.19. The Hall–Kier alpha value is -3.97. The average Bonchev–Trinajstić information content (AvgIpc) is 2.84. The van der Waals surface area contributed by atoms with Gasteiger partial charge in [-0.2, -0.15) is 5.10 Å².